The summed E-state index contributed by atoms with van der Waals surface area (Å²) in [6.07, 6.45) is 1.70. The number of pyridine rings is 1. The largest absolute Gasteiger partial charge is 0.493 e. The number of nitrogens with zero attached hydrogens (tertiary/aromatic N) is 3. The Morgan fingerprint density at radius 1 is 0.857 bits per heavy atom. The lowest BCUT2D eigenvalue weighted by atomic mass is 9.77. The van der Waals surface area contributed by atoms with Gasteiger partial charge < -0.3 is 28.7 Å². The Morgan fingerprint density at radius 3 is 2.16 bits per heavy atom. The Bertz CT molecular complexity index is 1950. The highest BCUT2D eigenvalue weighted by Gasteiger charge is 2.44. The molecule has 0 unspecified atom stereocenters. The molecule has 1 spiro atoms. The average Bonchev–Trinajstić information content (AvgIpc) is 3.57. The standard InChI is InChI=1S/C46H56FN3O6/c1-31(2)55-43(51)42(56-45(5,6)7)40-33(4)48-32(3)39(36-15-19-38(20-16-36)53-28-21-34-13-17-37(47)18-14-34)41(40)49-25-22-46(23-26-49)24-27-50(30-46)44(52)54-29-35-11-9-8-10-12-35/h8-20,31,42H,21-30H2,1-7H3/t42-/m0/s1. The van der Waals surface area contributed by atoms with Crippen molar-refractivity contribution in [1.82, 2.24) is 9.88 Å². The lowest BCUT2D eigenvalue weighted by Gasteiger charge is -2.42. The highest BCUT2D eigenvalue weighted by atomic mass is 19.1. The number of ether oxygens (including phenoxy) is 4. The van der Waals surface area contributed by atoms with Gasteiger partial charge >= 0.3 is 12.1 Å². The van der Waals surface area contributed by atoms with E-state index >= 15 is 0 Å². The van der Waals surface area contributed by atoms with Gasteiger partial charge in [0.15, 0.2) is 6.10 Å². The van der Waals surface area contributed by atoms with E-state index in [1.165, 1.54) is 12.1 Å². The predicted octanol–water partition coefficient (Wildman–Crippen LogP) is 9.56. The number of halogens is 1. The van der Waals surface area contributed by atoms with E-state index in [-0.39, 0.29) is 30.0 Å². The molecule has 0 N–H and O–H groups in total. The number of piperidine rings is 1. The molecule has 2 fully saturated rings. The summed E-state index contributed by atoms with van der Waals surface area (Å²) in [6.45, 7) is 16.9. The number of anilines is 1. The van der Waals surface area contributed by atoms with Gasteiger partial charge in [0.25, 0.3) is 0 Å². The van der Waals surface area contributed by atoms with Crippen molar-refractivity contribution < 1.29 is 32.9 Å². The van der Waals surface area contributed by atoms with Crippen LogP contribution in [0.15, 0.2) is 78.9 Å². The number of amides is 1. The molecule has 2 aliphatic heterocycles. The summed E-state index contributed by atoms with van der Waals surface area (Å²) in [6, 6.07) is 24.2. The summed E-state index contributed by atoms with van der Waals surface area (Å²) < 4.78 is 37.6. The van der Waals surface area contributed by atoms with Crippen molar-refractivity contribution in [3.63, 3.8) is 0 Å². The van der Waals surface area contributed by atoms with Crippen LogP contribution < -0.4 is 9.64 Å². The van der Waals surface area contributed by atoms with Crippen LogP contribution in [-0.2, 0) is 32.0 Å². The number of carbonyl (C=O) groups excluding carboxylic acids is 2. The molecular formula is C46H56FN3O6. The summed E-state index contributed by atoms with van der Waals surface area (Å²) in [5.74, 6) is 0.0142. The summed E-state index contributed by atoms with van der Waals surface area (Å²) in [5.41, 5.74) is 6.34. The Morgan fingerprint density at radius 2 is 1.52 bits per heavy atom. The van der Waals surface area contributed by atoms with E-state index in [1.807, 2.05) is 108 Å². The zero-order chi connectivity index (χ0) is 40.0. The number of aryl methyl sites for hydroxylation is 2. The molecule has 0 radical (unpaired) electrons. The van der Waals surface area contributed by atoms with Crippen LogP contribution in [0.3, 0.4) is 0 Å². The molecule has 3 aromatic carbocycles. The Balaban J connectivity index is 1.28. The van der Waals surface area contributed by atoms with E-state index in [0.717, 1.165) is 71.7 Å². The Hall–Kier alpha value is -4.96. The molecule has 2 aliphatic rings. The van der Waals surface area contributed by atoms with Crippen molar-refractivity contribution in [3.05, 3.63) is 113 Å². The number of aromatic nitrogens is 1. The van der Waals surface area contributed by atoms with Crippen LogP contribution in [0.25, 0.3) is 11.1 Å². The quantitative estimate of drug-likeness (QED) is 0.132. The molecule has 1 atom stereocenters. The molecule has 10 heteroatoms. The van der Waals surface area contributed by atoms with Gasteiger partial charge in [-0.25, -0.2) is 14.0 Å². The smallest absolute Gasteiger partial charge is 0.410 e. The third-order valence-corrected chi connectivity index (χ3v) is 10.6. The number of hydrogen-bond donors (Lipinski definition) is 0. The van der Waals surface area contributed by atoms with E-state index in [0.29, 0.717) is 37.4 Å². The van der Waals surface area contributed by atoms with Crippen LogP contribution in [0.5, 0.6) is 5.75 Å². The maximum absolute atomic E-state index is 14.0. The van der Waals surface area contributed by atoms with Gasteiger partial charge in [-0.1, -0.05) is 54.6 Å². The fourth-order valence-electron chi connectivity index (χ4n) is 7.88. The van der Waals surface area contributed by atoms with E-state index < -0.39 is 17.7 Å². The molecule has 1 aromatic heterocycles. The van der Waals surface area contributed by atoms with E-state index in [2.05, 4.69) is 4.90 Å². The topological polar surface area (TPSA) is 90.4 Å². The van der Waals surface area contributed by atoms with Crippen molar-refractivity contribution in [2.24, 2.45) is 5.41 Å². The SMILES string of the molecule is Cc1nc(C)c([C@H](OC(C)(C)C)C(=O)OC(C)C)c(N2CCC3(CCN(C(=O)OCc4ccccc4)C3)CC2)c1-c1ccc(OCCc2ccc(F)cc2)cc1. The molecule has 56 heavy (non-hydrogen) atoms. The van der Waals surface area contributed by atoms with Crippen molar-refractivity contribution in [3.8, 4) is 16.9 Å². The molecule has 0 bridgehead atoms. The Kier molecular flexibility index (Phi) is 12.7. The molecule has 3 heterocycles. The van der Waals surface area contributed by atoms with Crippen molar-refractivity contribution >= 4 is 17.7 Å². The molecule has 2 saturated heterocycles. The van der Waals surface area contributed by atoms with Gasteiger partial charge in [-0.2, -0.15) is 0 Å². The first-order valence-corrected chi connectivity index (χ1v) is 19.8. The maximum atomic E-state index is 14.0. The molecular weight excluding hydrogens is 710 g/mol. The highest BCUT2D eigenvalue weighted by molar-refractivity contribution is 5.88. The number of benzene rings is 3. The first-order chi connectivity index (χ1) is 26.7. The third-order valence-electron chi connectivity index (χ3n) is 10.6. The molecule has 0 aliphatic carbocycles. The first kappa shape index (κ1) is 40.7. The van der Waals surface area contributed by atoms with Gasteiger partial charge in [-0.05, 0) is 114 Å². The minimum atomic E-state index is -1.01. The summed E-state index contributed by atoms with van der Waals surface area (Å²) >= 11 is 0. The van der Waals surface area contributed by atoms with E-state index in [9.17, 15) is 14.0 Å². The predicted molar refractivity (Wildman–Crippen MR) is 216 cm³/mol. The van der Waals surface area contributed by atoms with Crippen molar-refractivity contribution in [2.75, 3.05) is 37.7 Å². The first-order valence-electron chi connectivity index (χ1n) is 19.8. The molecule has 9 nitrogen and oxygen atoms in total. The second-order valence-corrected chi connectivity index (χ2v) is 16.5. The van der Waals surface area contributed by atoms with Crippen LogP contribution in [0.4, 0.5) is 14.9 Å². The number of esters is 1. The minimum absolute atomic E-state index is 0.0233. The van der Waals surface area contributed by atoms with Crippen LogP contribution in [0.1, 0.15) is 88.1 Å². The number of likely N-dealkylation sites (tertiary alicyclic amines) is 1. The van der Waals surface area contributed by atoms with E-state index in [1.54, 1.807) is 12.1 Å². The average molecular weight is 766 g/mol. The number of carbonyl (C=O) groups is 2. The molecule has 0 saturated carbocycles. The van der Waals surface area contributed by atoms with Gasteiger partial charge in [0.1, 0.15) is 18.2 Å². The van der Waals surface area contributed by atoms with Gasteiger partial charge in [0, 0.05) is 55.1 Å². The summed E-state index contributed by atoms with van der Waals surface area (Å²) in [7, 11) is 0. The molecule has 6 rings (SSSR count). The highest BCUT2D eigenvalue weighted by Crippen LogP contribution is 2.47. The minimum Gasteiger partial charge on any atom is -0.493 e. The van der Waals surface area contributed by atoms with Crippen molar-refractivity contribution in [2.45, 2.75) is 98.6 Å². The molecule has 4 aromatic rings. The zero-order valence-electron chi connectivity index (χ0n) is 33.9. The second-order valence-electron chi connectivity index (χ2n) is 16.5. The zero-order valence-corrected chi connectivity index (χ0v) is 33.9. The van der Waals surface area contributed by atoms with Gasteiger partial charge in [0.05, 0.1) is 24.0 Å². The maximum Gasteiger partial charge on any atom is 0.410 e. The summed E-state index contributed by atoms with van der Waals surface area (Å²) in [4.78, 5) is 36.4. The monoisotopic (exact) mass is 765 g/mol. The van der Waals surface area contributed by atoms with Gasteiger partial charge in [-0.15, -0.1) is 0 Å². The Labute approximate surface area is 331 Å². The van der Waals surface area contributed by atoms with Crippen LogP contribution >= 0.6 is 0 Å². The lowest BCUT2D eigenvalue weighted by Crippen LogP contribution is -2.43. The van der Waals surface area contributed by atoms with Crippen molar-refractivity contribution in [1.29, 1.82) is 0 Å². The van der Waals surface area contributed by atoms with Gasteiger partial charge in [0.2, 0.25) is 0 Å². The normalized spacial score (nSPS) is 15.9. The second kappa shape index (κ2) is 17.5. The third kappa shape index (κ3) is 10.1. The fourth-order valence-corrected chi connectivity index (χ4v) is 7.88. The summed E-state index contributed by atoms with van der Waals surface area (Å²) in [5, 5.41) is 0. The number of hydrogen-bond acceptors (Lipinski definition) is 8. The van der Waals surface area contributed by atoms with Crippen LogP contribution in [0.2, 0.25) is 0 Å². The van der Waals surface area contributed by atoms with Gasteiger partial charge in [-0.3, -0.25) is 4.98 Å². The van der Waals surface area contributed by atoms with Crippen LogP contribution in [0, 0.1) is 25.1 Å². The van der Waals surface area contributed by atoms with E-state index in [4.69, 9.17) is 23.9 Å². The molecule has 298 valence electrons. The number of rotatable bonds is 12. The molecule has 1 amide bonds. The fraction of sp³-hybridized carbons (Fsp3) is 0.457. The lowest BCUT2D eigenvalue weighted by molar-refractivity contribution is -0.171. The van der Waals surface area contributed by atoms with Crippen LogP contribution in [-0.4, -0.2) is 66.4 Å².